The normalized spacial score (nSPS) is 4.80. The molecule has 0 aliphatic carbocycles. The van der Waals surface area contributed by atoms with Gasteiger partial charge in [-0.3, -0.25) is 0 Å². The predicted octanol–water partition coefficient (Wildman–Crippen LogP) is -9.40. The van der Waals surface area contributed by atoms with Crippen molar-refractivity contribution in [1.29, 1.82) is 0 Å². The topological polar surface area (TPSA) is 190 Å². The third-order valence-electron chi connectivity index (χ3n) is 0. The molecule has 9 nitrogen and oxygen atoms in total. The van der Waals surface area contributed by atoms with Crippen molar-refractivity contribution in [2.45, 2.75) is 0 Å². The molecule has 0 N–H and O–H groups in total. The van der Waals surface area contributed by atoms with E-state index >= 15 is 0 Å². The molecule has 0 aromatic carbocycles. The van der Waals surface area contributed by atoms with Crippen LogP contribution in [-0.4, -0.2) is 88.3 Å². The second-order valence-electron chi connectivity index (χ2n) is 0.750. The molecule has 15 heavy (non-hydrogen) atoms. The van der Waals surface area contributed by atoms with E-state index in [-0.39, 0.29) is 77.9 Å². The van der Waals surface area contributed by atoms with Crippen LogP contribution in [0, 0.1) is 0 Å². The van der Waals surface area contributed by atoms with E-state index in [1.165, 1.54) is 0 Å². The minimum absolute atomic E-state index is 0. The molecule has 0 aliphatic rings. The van der Waals surface area contributed by atoms with Crippen LogP contribution in [0.3, 0.4) is 0 Å². The van der Waals surface area contributed by atoms with Gasteiger partial charge in [0.1, 0.15) is 0 Å². The predicted molar refractivity (Wildman–Crippen MR) is 30.8 cm³/mol. The van der Waals surface area contributed by atoms with E-state index in [2.05, 4.69) is 0 Å². The van der Waals surface area contributed by atoms with Gasteiger partial charge in [0.15, 0.2) is 0 Å². The summed E-state index contributed by atoms with van der Waals surface area (Å²) >= 11 is 0. The standard InChI is InChI=1S/Ca.Mg.Mn.3O3Si/c;;;3*1-4(2)3/q3*+2;3*-2. The maximum Gasteiger partial charge on any atom is 2.00 e. The Hall–Kier alpha value is 1.40. The summed E-state index contributed by atoms with van der Waals surface area (Å²) in [6.45, 7) is 0. The van der Waals surface area contributed by atoms with Crippen LogP contribution in [0.15, 0.2) is 0 Å². The van der Waals surface area contributed by atoms with Gasteiger partial charge in [0.25, 0.3) is 0 Å². The third-order valence-corrected chi connectivity index (χ3v) is 0. The van der Waals surface area contributed by atoms with Gasteiger partial charge in [0.05, 0.1) is 0 Å². The van der Waals surface area contributed by atoms with Crippen LogP contribution in [0.1, 0.15) is 0 Å². The smallest absolute Gasteiger partial charge is 0.672 e. The van der Waals surface area contributed by atoms with Crippen molar-refractivity contribution in [3.8, 4) is 0 Å². The molecule has 0 amide bonds. The molecule has 0 heterocycles. The average Bonchev–Trinajstić information content (AvgIpc) is 1.54. The summed E-state index contributed by atoms with van der Waals surface area (Å²) < 4.78 is 25.6. The Kier molecular flexibility index (Phi) is 70.8. The Morgan fingerprint density at radius 2 is 0.600 bits per heavy atom. The molecule has 0 rings (SSSR count). The molecule has 0 atom stereocenters. The average molecular weight is 348 g/mol. The minimum atomic E-state index is -3.63. The zero-order valence-corrected chi connectivity index (χ0v) is 14.8. The van der Waals surface area contributed by atoms with Gasteiger partial charge in [-0.15, -0.1) is 0 Å². The van der Waals surface area contributed by atoms with E-state index in [0.717, 1.165) is 0 Å². The van der Waals surface area contributed by atoms with Crippen molar-refractivity contribution in [3.05, 3.63) is 0 Å². The summed E-state index contributed by atoms with van der Waals surface area (Å²) in [5.74, 6) is 0. The van der Waals surface area contributed by atoms with Crippen molar-refractivity contribution in [2.24, 2.45) is 0 Å². The first-order valence-electron chi connectivity index (χ1n) is 1.84. The zero-order valence-electron chi connectivity index (χ0n) is 6.97. The molecule has 0 aliphatic heterocycles. The Labute approximate surface area is 145 Å². The number of rotatable bonds is 0. The van der Waals surface area contributed by atoms with Crippen LogP contribution < -0.4 is 28.8 Å². The Balaban J connectivity index is -0.0000000184. The van der Waals surface area contributed by atoms with E-state index in [0.29, 0.717) is 0 Å². The second-order valence-corrected chi connectivity index (χ2v) is 2.25. The Morgan fingerprint density at radius 1 is 0.600 bits per heavy atom. The molecule has 15 heteroatoms. The van der Waals surface area contributed by atoms with E-state index in [4.69, 9.17) is 42.2 Å². The minimum Gasteiger partial charge on any atom is -0.672 e. The van der Waals surface area contributed by atoms with Crippen LogP contribution >= 0.6 is 0 Å². The summed E-state index contributed by atoms with van der Waals surface area (Å²) in [7, 11) is -10.9. The van der Waals surface area contributed by atoms with Gasteiger partial charge in [0, 0.05) is 27.5 Å². The molecule has 0 saturated heterocycles. The molecule has 0 saturated carbocycles. The van der Waals surface area contributed by atoms with Crippen LogP contribution in [0.2, 0.25) is 0 Å². The van der Waals surface area contributed by atoms with Crippen molar-refractivity contribution >= 4 is 88.3 Å². The fraction of sp³-hybridized carbons (Fsp3) is 0. The Bertz CT molecular complexity index is 123. The van der Waals surface area contributed by atoms with Gasteiger partial charge < -0.3 is 42.2 Å². The van der Waals surface area contributed by atoms with Gasteiger partial charge in [-0.25, -0.2) is 0 Å². The van der Waals surface area contributed by atoms with Crippen molar-refractivity contribution in [2.75, 3.05) is 0 Å². The van der Waals surface area contributed by atoms with Crippen molar-refractivity contribution in [1.82, 2.24) is 0 Å². The number of hydrogen-bond donors (Lipinski definition) is 0. The summed E-state index contributed by atoms with van der Waals surface area (Å²) in [5, 5.41) is 0. The molecule has 0 aromatic heterocycles. The fourth-order valence-corrected chi connectivity index (χ4v) is 0. The quantitative estimate of drug-likeness (QED) is 0.383. The summed E-state index contributed by atoms with van der Waals surface area (Å²) in [4.78, 5) is 51.1. The Morgan fingerprint density at radius 3 is 0.600 bits per heavy atom. The maximum atomic E-state index is 8.52. The van der Waals surface area contributed by atoms with Crippen molar-refractivity contribution < 1.29 is 59.2 Å². The molecule has 0 bridgehead atoms. The molecule has 0 unspecified atom stereocenters. The molecule has 0 aromatic rings. The monoisotopic (exact) mass is 347 g/mol. The molecular weight excluding hydrogens is 348 g/mol. The van der Waals surface area contributed by atoms with Crippen molar-refractivity contribution in [3.63, 3.8) is 0 Å². The molecule has 0 spiro atoms. The third kappa shape index (κ3) is 1420. The summed E-state index contributed by atoms with van der Waals surface area (Å²) in [6, 6.07) is 0. The summed E-state index contributed by atoms with van der Waals surface area (Å²) in [6.07, 6.45) is 0. The number of hydrogen-bond acceptors (Lipinski definition) is 9. The van der Waals surface area contributed by atoms with Crippen LogP contribution in [0.5, 0.6) is 0 Å². The van der Waals surface area contributed by atoms with Gasteiger partial charge in [-0.2, -0.15) is 0 Å². The fourth-order valence-electron chi connectivity index (χ4n) is 0. The first-order chi connectivity index (χ1) is 5.20. The molecule has 0 fully saturated rings. The second kappa shape index (κ2) is 29.5. The van der Waals surface area contributed by atoms with Crippen LogP contribution in [0.25, 0.3) is 0 Å². The van der Waals surface area contributed by atoms with E-state index in [9.17, 15) is 0 Å². The SMILES string of the molecule is O=[Si]([O-])[O-].O=[Si]([O-])[O-].O=[Si]([O-])[O-].[Ca+2].[Mg+2].[Mn+2]. The van der Waals surface area contributed by atoms with Crippen LogP contribution in [-0.2, 0) is 30.5 Å². The van der Waals surface area contributed by atoms with Gasteiger partial charge in [0.2, 0.25) is 0 Å². The van der Waals surface area contributed by atoms with E-state index in [1.807, 2.05) is 0 Å². The van der Waals surface area contributed by atoms with Gasteiger partial charge in [-0.1, -0.05) is 0 Å². The molecule has 77 valence electrons. The largest absolute Gasteiger partial charge is 2.00 e. The first kappa shape index (κ1) is 36.0. The molecular formula is CaMgMnO9Si3. The first-order valence-corrected chi connectivity index (χ1v) is 5.51. The summed E-state index contributed by atoms with van der Waals surface area (Å²) in [5.41, 5.74) is 0. The molecule has 1 radical (unpaired) electrons. The van der Waals surface area contributed by atoms with E-state index < -0.39 is 27.5 Å². The van der Waals surface area contributed by atoms with Gasteiger partial charge in [-0.05, 0) is 0 Å². The maximum absolute atomic E-state index is 8.52. The van der Waals surface area contributed by atoms with Crippen LogP contribution in [0.4, 0.5) is 0 Å². The van der Waals surface area contributed by atoms with E-state index in [1.54, 1.807) is 0 Å². The zero-order chi connectivity index (χ0) is 10.7. The van der Waals surface area contributed by atoms with Gasteiger partial charge >= 0.3 is 77.9 Å².